The highest BCUT2D eigenvalue weighted by atomic mass is 16.6. The van der Waals surface area contributed by atoms with Gasteiger partial charge in [-0.3, -0.25) is 9.59 Å². The van der Waals surface area contributed by atoms with Crippen LogP contribution in [-0.2, 0) is 14.3 Å². The highest BCUT2D eigenvalue weighted by Crippen LogP contribution is 2.25. The van der Waals surface area contributed by atoms with Crippen molar-refractivity contribution in [1.82, 2.24) is 15.5 Å². The van der Waals surface area contributed by atoms with E-state index in [4.69, 9.17) is 4.74 Å². The van der Waals surface area contributed by atoms with Crippen molar-refractivity contribution in [2.75, 3.05) is 20.2 Å². The van der Waals surface area contributed by atoms with Crippen molar-refractivity contribution < 1.29 is 24.2 Å². The molecule has 8 heteroatoms. The minimum absolute atomic E-state index is 0.306. The summed E-state index contributed by atoms with van der Waals surface area (Å²) < 4.78 is 5.19. The van der Waals surface area contributed by atoms with Crippen molar-refractivity contribution in [3.8, 4) is 0 Å². The fourth-order valence-electron chi connectivity index (χ4n) is 3.27. The Balaban J connectivity index is 3.15. The zero-order chi connectivity index (χ0) is 24.5. The van der Waals surface area contributed by atoms with Gasteiger partial charge in [0.25, 0.3) is 0 Å². The predicted molar refractivity (Wildman–Crippen MR) is 124 cm³/mol. The van der Waals surface area contributed by atoms with Crippen LogP contribution in [0.2, 0.25) is 0 Å². The second-order valence-electron chi connectivity index (χ2n) is 9.09. The first-order valence-electron chi connectivity index (χ1n) is 11.1. The molecule has 0 aliphatic heterocycles. The standard InChI is InChI=1S/C24H39N3O5/c1-8-9-10-13-25-21(29)20(18-14-16(2)11-12-17(18)3)27(7)22(30)19(15-28)26-23(31)32-24(4,5)6/h11-12,14,19-20,28H,8-10,13,15H2,1-7H3,(H,25,29)(H,26,31). The van der Waals surface area contributed by atoms with Crippen LogP contribution >= 0.6 is 0 Å². The van der Waals surface area contributed by atoms with Crippen molar-refractivity contribution >= 4 is 17.9 Å². The quantitative estimate of drug-likeness (QED) is 0.476. The van der Waals surface area contributed by atoms with Gasteiger partial charge in [-0.15, -0.1) is 0 Å². The molecule has 2 atom stereocenters. The molecular formula is C24H39N3O5. The maximum absolute atomic E-state index is 13.2. The van der Waals surface area contributed by atoms with Crippen LogP contribution < -0.4 is 10.6 Å². The number of unbranched alkanes of at least 4 members (excludes halogenated alkanes) is 2. The van der Waals surface area contributed by atoms with Crippen molar-refractivity contribution in [3.05, 3.63) is 34.9 Å². The number of aliphatic hydroxyl groups excluding tert-OH is 1. The lowest BCUT2D eigenvalue weighted by Gasteiger charge is -2.32. The summed E-state index contributed by atoms with van der Waals surface area (Å²) in [4.78, 5) is 39.7. The Bertz CT molecular complexity index is 788. The number of aryl methyl sites for hydroxylation is 2. The third-order valence-corrected chi connectivity index (χ3v) is 4.96. The zero-order valence-corrected chi connectivity index (χ0v) is 20.4. The Labute approximate surface area is 191 Å². The molecule has 0 aliphatic carbocycles. The van der Waals surface area contributed by atoms with Crippen LogP contribution in [0, 0.1) is 13.8 Å². The minimum Gasteiger partial charge on any atom is -0.444 e. The highest BCUT2D eigenvalue weighted by molar-refractivity contribution is 5.92. The fourth-order valence-corrected chi connectivity index (χ4v) is 3.27. The number of likely N-dealkylation sites (N-methyl/N-ethyl adjacent to an activating group) is 1. The van der Waals surface area contributed by atoms with E-state index >= 15 is 0 Å². The molecule has 0 heterocycles. The van der Waals surface area contributed by atoms with Crippen molar-refractivity contribution in [3.63, 3.8) is 0 Å². The zero-order valence-electron chi connectivity index (χ0n) is 20.4. The number of benzene rings is 1. The molecule has 0 aromatic heterocycles. The summed E-state index contributed by atoms with van der Waals surface area (Å²) in [6.07, 6.45) is 2.06. The summed E-state index contributed by atoms with van der Waals surface area (Å²) >= 11 is 0. The molecule has 1 aromatic carbocycles. The molecule has 0 fully saturated rings. The van der Waals surface area contributed by atoms with Gasteiger partial charge < -0.3 is 25.4 Å². The van der Waals surface area contributed by atoms with E-state index < -0.39 is 36.3 Å². The molecule has 2 unspecified atom stereocenters. The molecule has 32 heavy (non-hydrogen) atoms. The van der Waals surface area contributed by atoms with Crippen LogP contribution in [0.3, 0.4) is 0 Å². The van der Waals surface area contributed by atoms with Gasteiger partial charge in [0.1, 0.15) is 17.7 Å². The lowest BCUT2D eigenvalue weighted by molar-refractivity contribution is -0.141. The van der Waals surface area contributed by atoms with Gasteiger partial charge in [-0.25, -0.2) is 4.79 Å². The second-order valence-corrected chi connectivity index (χ2v) is 9.09. The van der Waals surface area contributed by atoms with Crippen molar-refractivity contribution in [2.24, 2.45) is 0 Å². The SMILES string of the molecule is CCCCCNC(=O)C(c1cc(C)ccc1C)N(C)C(=O)C(CO)NC(=O)OC(C)(C)C. The largest absolute Gasteiger partial charge is 0.444 e. The number of rotatable bonds is 10. The first kappa shape index (κ1) is 27.4. The number of hydrogen-bond acceptors (Lipinski definition) is 5. The van der Waals surface area contributed by atoms with E-state index in [0.717, 1.165) is 30.4 Å². The maximum atomic E-state index is 13.2. The summed E-state index contributed by atoms with van der Waals surface area (Å²) in [5, 5.41) is 15.1. The lowest BCUT2D eigenvalue weighted by atomic mass is 9.96. The molecule has 1 rings (SSSR count). The Morgan fingerprint density at radius 1 is 1.16 bits per heavy atom. The number of aliphatic hydroxyl groups is 1. The van der Waals surface area contributed by atoms with Gasteiger partial charge >= 0.3 is 6.09 Å². The van der Waals surface area contributed by atoms with E-state index in [-0.39, 0.29) is 5.91 Å². The summed E-state index contributed by atoms with van der Waals surface area (Å²) in [6, 6.07) is 3.58. The van der Waals surface area contributed by atoms with E-state index in [1.165, 1.54) is 11.9 Å². The highest BCUT2D eigenvalue weighted by Gasteiger charge is 2.34. The van der Waals surface area contributed by atoms with Gasteiger partial charge in [-0.2, -0.15) is 0 Å². The molecule has 180 valence electrons. The van der Waals surface area contributed by atoms with Crippen LogP contribution in [0.4, 0.5) is 4.79 Å². The molecule has 3 amide bonds. The maximum Gasteiger partial charge on any atom is 0.408 e. The normalized spacial score (nSPS) is 13.1. The third-order valence-electron chi connectivity index (χ3n) is 4.96. The average molecular weight is 450 g/mol. The van der Waals surface area contributed by atoms with Gasteiger partial charge in [0.15, 0.2) is 0 Å². The van der Waals surface area contributed by atoms with Gasteiger partial charge in [0.05, 0.1) is 6.61 Å². The molecule has 0 radical (unpaired) electrons. The Kier molecular flexibility index (Phi) is 10.7. The Morgan fingerprint density at radius 2 is 1.81 bits per heavy atom. The van der Waals surface area contributed by atoms with Crippen molar-refractivity contribution in [2.45, 2.75) is 78.5 Å². The van der Waals surface area contributed by atoms with E-state index in [2.05, 4.69) is 17.6 Å². The number of alkyl carbamates (subject to hydrolysis) is 1. The van der Waals surface area contributed by atoms with Gasteiger partial charge in [-0.1, -0.05) is 43.5 Å². The summed E-state index contributed by atoms with van der Waals surface area (Å²) in [5.74, 6) is -0.896. The number of nitrogens with zero attached hydrogens (tertiary/aromatic N) is 1. The monoisotopic (exact) mass is 449 g/mol. The second kappa shape index (κ2) is 12.4. The number of nitrogens with one attached hydrogen (secondary N) is 2. The van der Waals surface area contributed by atoms with Gasteiger partial charge in [0.2, 0.25) is 11.8 Å². The predicted octanol–water partition coefficient (Wildman–Crippen LogP) is 2.99. The molecule has 0 saturated carbocycles. The molecule has 0 aliphatic rings. The molecule has 0 spiro atoms. The van der Waals surface area contributed by atoms with E-state index in [1.807, 2.05) is 32.0 Å². The molecular weight excluding hydrogens is 410 g/mol. The van der Waals surface area contributed by atoms with E-state index in [9.17, 15) is 19.5 Å². The summed E-state index contributed by atoms with van der Waals surface area (Å²) in [5.41, 5.74) is 1.77. The number of hydrogen-bond donors (Lipinski definition) is 3. The smallest absolute Gasteiger partial charge is 0.408 e. The summed E-state index contributed by atoms with van der Waals surface area (Å²) in [7, 11) is 1.50. The fraction of sp³-hybridized carbons (Fsp3) is 0.625. The van der Waals surface area contributed by atoms with Crippen LogP contribution in [0.5, 0.6) is 0 Å². The van der Waals surface area contributed by atoms with Crippen molar-refractivity contribution in [1.29, 1.82) is 0 Å². The molecule has 3 N–H and O–H groups in total. The van der Waals surface area contributed by atoms with Gasteiger partial charge in [-0.05, 0) is 52.2 Å². The van der Waals surface area contributed by atoms with E-state index in [0.29, 0.717) is 12.1 Å². The topological polar surface area (TPSA) is 108 Å². The molecule has 0 bridgehead atoms. The number of carbonyl (C=O) groups excluding carboxylic acids is 3. The van der Waals surface area contributed by atoms with Crippen LogP contribution in [0.1, 0.15) is 69.7 Å². The Morgan fingerprint density at radius 3 is 2.38 bits per heavy atom. The number of ether oxygens (including phenoxy) is 1. The number of carbonyl (C=O) groups is 3. The average Bonchev–Trinajstić information content (AvgIpc) is 2.70. The Hall–Kier alpha value is -2.61. The summed E-state index contributed by atoms with van der Waals surface area (Å²) in [6.45, 7) is 10.9. The molecule has 0 saturated heterocycles. The minimum atomic E-state index is -1.24. The third kappa shape index (κ3) is 8.49. The number of amides is 3. The van der Waals surface area contributed by atoms with E-state index in [1.54, 1.807) is 20.8 Å². The van der Waals surface area contributed by atoms with Gasteiger partial charge in [0, 0.05) is 13.6 Å². The first-order chi connectivity index (χ1) is 14.9. The molecule has 1 aromatic rings. The van der Waals surface area contributed by atoms with Crippen LogP contribution in [0.15, 0.2) is 18.2 Å². The lowest BCUT2D eigenvalue weighted by Crippen LogP contribution is -2.53. The molecule has 8 nitrogen and oxygen atoms in total. The first-order valence-corrected chi connectivity index (χ1v) is 11.1. The van der Waals surface area contributed by atoms with Crippen LogP contribution in [-0.4, -0.2) is 59.8 Å². The van der Waals surface area contributed by atoms with Crippen LogP contribution in [0.25, 0.3) is 0 Å².